The van der Waals surface area contributed by atoms with Crippen LogP contribution in [0.2, 0.25) is 5.02 Å². The fourth-order valence-corrected chi connectivity index (χ4v) is 4.70. The molecule has 3 aliphatic heterocycles. The fourth-order valence-electron chi connectivity index (χ4n) is 4.52. The quantitative estimate of drug-likeness (QED) is 0.689. The van der Waals surface area contributed by atoms with Crippen LogP contribution >= 0.6 is 11.6 Å². The second-order valence-corrected chi connectivity index (χ2v) is 8.59. The van der Waals surface area contributed by atoms with Crippen molar-refractivity contribution >= 4 is 29.3 Å². The number of nitrogens with one attached hydrogen (secondary N) is 2. The van der Waals surface area contributed by atoms with Gasteiger partial charge in [-0.3, -0.25) is 19.3 Å². The van der Waals surface area contributed by atoms with Gasteiger partial charge < -0.3 is 20.3 Å². The first-order chi connectivity index (χ1) is 14.9. The Hall–Kier alpha value is -2.23. The maximum Gasteiger partial charge on any atom is 0.251 e. The van der Waals surface area contributed by atoms with E-state index >= 15 is 0 Å². The molecule has 3 fully saturated rings. The van der Waals surface area contributed by atoms with Crippen LogP contribution in [0.4, 0.5) is 4.39 Å². The fraction of sp³-hybridized carbons (Fsp3) is 0.571. The highest BCUT2D eigenvalue weighted by Crippen LogP contribution is 2.26. The van der Waals surface area contributed by atoms with E-state index in [-0.39, 0.29) is 46.4 Å². The van der Waals surface area contributed by atoms with Crippen molar-refractivity contribution < 1.29 is 23.5 Å². The number of halogens is 2. The van der Waals surface area contributed by atoms with E-state index in [1.54, 1.807) is 0 Å². The molecule has 1 aromatic carbocycles. The van der Waals surface area contributed by atoms with Gasteiger partial charge in [-0.2, -0.15) is 0 Å². The van der Waals surface area contributed by atoms with Gasteiger partial charge in [0.2, 0.25) is 11.8 Å². The van der Waals surface area contributed by atoms with Crippen molar-refractivity contribution in [1.82, 2.24) is 20.4 Å². The number of ether oxygens (including phenoxy) is 1. The van der Waals surface area contributed by atoms with E-state index in [9.17, 15) is 18.8 Å². The van der Waals surface area contributed by atoms with Crippen LogP contribution in [0, 0.1) is 5.82 Å². The zero-order valence-electron chi connectivity index (χ0n) is 17.1. The minimum atomic E-state index is -0.581. The van der Waals surface area contributed by atoms with Gasteiger partial charge in [-0.1, -0.05) is 11.6 Å². The third-order valence-electron chi connectivity index (χ3n) is 6.20. The average Bonchev–Trinajstić information content (AvgIpc) is 3.20. The molecule has 2 N–H and O–H groups in total. The number of hydrogen-bond donors (Lipinski definition) is 2. The third-order valence-corrected chi connectivity index (χ3v) is 6.48. The number of nitrogens with zero attached hydrogens (tertiary/aromatic N) is 2. The summed E-state index contributed by atoms with van der Waals surface area (Å²) in [6, 6.07) is 3.31. The molecule has 0 aliphatic carbocycles. The van der Waals surface area contributed by atoms with Crippen molar-refractivity contribution in [2.24, 2.45) is 0 Å². The lowest BCUT2D eigenvalue weighted by molar-refractivity contribution is -0.136. The van der Waals surface area contributed by atoms with Crippen LogP contribution in [0.15, 0.2) is 18.2 Å². The van der Waals surface area contributed by atoms with Gasteiger partial charge in [0.05, 0.1) is 24.3 Å². The van der Waals surface area contributed by atoms with Crippen molar-refractivity contribution in [2.45, 2.75) is 37.4 Å². The molecule has 0 bridgehead atoms. The minimum Gasteiger partial charge on any atom is -0.378 e. The van der Waals surface area contributed by atoms with Crippen LogP contribution in [-0.4, -0.2) is 85.0 Å². The SMILES string of the molecule is O=C(N[C@H]1C[C@H]2C(=O)NC[C@@H](CCC(=O)N3CCOCC3)N2C1)c1ccc(F)c(Cl)c1. The van der Waals surface area contributed by atoms with Gasteiger partial charge >= 0.3 is 0 Å². The Morgan fingerprint density at radius 1 is 1.29 bits per heavy atom. The van der Waals surface area contributed by atoms with E-state index in [2.05, 4.69) is 15.5 Å². The number of piperazine rings is 1. The van der Waals surface area contributed by atoms with Crippen LogP contribution in [0.1, 0.15) is 29.6 Å². The number of carbonyl (C=O) groups excluding carboxylic acids is 3. The molecule has 3 amide bonds. The summed E-state index contributed by atoms with van der Waals surface area (Å²) in [7, 11) is 0. The lowest BCUT2D eigenvalue weighted by Gasteiger charge is -2.37. The van der Waals surface area contributed by atoms with Crippen molar-refractivity contribution in [3.05, 3.63) is 34.6 Å². The van der Waals surface area contributed by atoms with Gasteiger partial charge in [0.1, 0.15) is 5.82 Å². The van der Waals surface area contributed by atoms with E-state index < -0.39 is 5.82 Å². The summed E-state index contributed by atoms with van der Waals surface area (Å²) in [5, 5.41) is 5.74. The van der Waals surface area contributed by atoms with Gasteiger partial charge in [0.15, 0.2) is 0 Å². The summed E-state index contributed by atoms with van der Waals surface area (Å²) in [6.45, 7) is 3.39. The molecular formula is C21H26ClFN4O4. The van der Waals surface area contributed by atoms with E-state index in [0.717, 1.165) is 6.07 Å². The highest BCUT2D eigenvalue weighted by atomic mass is 35.5. The monoisotopic (exact) mass is 452 g/mol. The first kappa shape index (κ1) is 22.0. The zero-order valence-corrected chi connectivity index (χ0v) is 17.9. The van der Waals surface area contributed by atoms with Crippen LogP contribution in [0.25, 0.3) is 0 Å². The average molecular weight is 453 g/mol. The summed E-state index contributed by atoms with van der Waals surface area (Å²) in [6.07, 6.45) is 1.54. The Morgan fingerprint density at radius 2 is 2.06 bits per heavy atom. The van der Waals surface area contributed by atoms with Crippen LogP contribution in [0.3, 0.4) is 0 Å². The molecule has 1 aromatic rings. The van der Waals surface area contributed by atoms with E-state index in [0.29, 0.717) is 58.7 Å². The smallest absolute Gasteiger partial charge is 0.251 e. The summed E-state index contributed by atoms with van der Waals surface area (Å²) in [5.41, 5.74) is 0.272. The van der Waals surface area contributed by atoms with E-state index in [1.807, 2.05) is 4.90 Å². The largest absolute Gasteiger partial charge is 0.378 e. The molecule has 0 aromatic heterocycles. The van der Waals surface area contributed by atoms with Crippen molar-refractivity contribution in [1.29, 1.82) is 0 Å². The molecule has 3 saturated heterocycles. The molecule has 0 unspecified atom stereocenters. The molecule has 0 radical (unpaired) electrons. The Kier molecular flexibility index (Phi) is 6.74. The number of carbonyl (C=O) groups is 3. The van der Waals surface area contributed by atoms with Gasteiger partial charge in [-0.25, -0.2) is 4.39 Å². The highest BCUT2D eigenvalue weighted by molar-refractivity contribution is 6.31. The standard InChI is InChI=1S/C21H26ClFN4O4/c22-16-9-13(1-3-17(16)23)20(29)25-14-10-18-21(30)24-11-15(27(18)12-14)2-4-19(28)26-5-7-31-8-6-26/h1,3,9,14-15,18H,2,4-8,10-12H2,(H,24,30)(H,25,29)/t14-,15+,18-/m0/s1. The summed E-state index contributed by atoms with van der Waals surface area (Å²) >= 11 is 5.77. The lowest BCUT2D eigenvalue weighted by atomic mass is 10.0. The maximum atomic E-state index is 13.4. The normalized spacial score (nSPS) is 26.3. The predicted octanol–water partition coefficient (Wildman–Crippen LogP) is 0.789. The molecule has 3 aliphatic rings. The number of hydrogen-bond acceptors (Lipinski definition) is 5. The number of rotatable bonds is 5. The Morgan fingerprint density at radius 3 is 2.81 bits per heavy atom. The minimum absolute atomic E-state index is 0.0369. The molecule has 0 saturated carbocycles. The van der Waals surface area contributed by atoms with Crippen LogP contribution in [-0.2, 0) is 14.3 Å². The molecule has 4 rings (SSSR count). The Labute approximate surface area is 185 Å². The number of fused-ring (bicyclic) bond motifs is 1. The van der Waals surface area contributed by atoms with Crippen molar-refractivity contribution in [2.75, 3.05) is 39.4 Å². The zero-order chi connectivity index (χ0) is 22.0. The number of morpholine rings is 1. The first-order valence-corrected chi connectivity index (χ1v) is 10.9. The molecule has 168 valence electrons. The van der Waals surface area contributed by atoms with Gasteiger partial charge in [0, 0.05) is 50.2 Å². The molecule has 31 heavy (non-hydrogen) atoms. The van der Waals surface area contributed by atoms with Crippen molar-refractivity contribution in [3.8, 4) is 0 Å². The highest BCUT2D eigenvalue weighted by Gasteiger charge is 2.43. The van der Waals surface area contributed by atoms with Gasteiger partial charge in [0.25, 0.3) is 5.91 Å². The summed E-state index contributed by atoms with van der Waals surface area (Å²) < 4.78 is 18.6. The first-order valence-electron chi connectivity index (χ1n) is 10.6. The topological polar surface area (TPSA) is 91.0 Å². The molecular weight excluding hydrogens is 427 g/mol. The molecule has 10 heteroatoms. The summed E-state index contributed by atoms with van der Waals surface area (Å²) in [5.74, 6) is -0.889. The van der Waals surface area contributed by atoms with Crippen molar-refractivity contribution in [3.63, 3.8) is 0 Å². The van der Waals surface area contributed by atoms with E-state index in [4.69, 9.17) is 16.3 Å². The van der Waals surface area contributed by atoms with Crippen LogP contribution < -0.4 is 10.6 Å². The maximum absolute atomic E-state index is 13.4. The van der Waals surface area contributed by atoms with Gasteiger partial charge in [-0.15, -0.1) is 0 Å². The molecule has 3 atom stereocenters. The molecule has 0 spiro atoms. The lowest BCUT2D eigenvalue weighted by Crippen LogP contribution is -2.58. The molecule has 8 nitrogen and oxygen atoms in total. The predicted molar refractivity (Wildman–Crippen MR) is 111 cm³/mol. The van der Waals surface area contributed by atoms with Crippen LogP contribution in [0.5, 0.6) is 0 Å². The third kappa shape index (κ3) is 4.99. The van der Waals surface area contributed by atoms with E-state index in [1.165, 1.54) is 12.1 Å². The second kappa shape index (κ2) is 9.50. The number of benzene rings is 1. The Bertz CT molecular complexity index is 864. The second-order valence-electron chi connectivity index (χ2n) is 8.18. The van der Waals surface area contributed by atoms with Gasteiger partial charge in [-0.05, 0) is 31.0 Å². The number of amides is 3. The summed E-state index contributed by atoms with van der Waals surface area (Å²) in [4.78, 5) is 41.3. The Balaban J connectivity index is 1.34. The molecule has 3 heterocycles.